The molecule has 3 aromatic rings. The molecule has 4 rings (SSSR count). The predicted molar refractivity (Wildman–Crippen MR) is 137 cm³/mol. The molecule has 0 unspecified atom stereocenters. The molecule has 0 radical (unpaired) electrons. The van der Waals surface area contributed by atoms with Crippen molar-refractivity contribution in [2.45, 2.75) is 12.8 Å². The van der Waals surface area contributed by atoms with Crippen molar-refractivity contribution >= 4 is 40.4 Å². The van der Waals surface area contributed by atoms with Crippen molar-refractivity contribution in [2.75, 3.05) is 63.3 Å². The summed E-state index contributed by atoms with van der Waals surface area (Å²) in [4.78, 5) is 29.0. The highest BCUT2D eigenvalue weighted by atomic mass is 16.5. The molecule has 2 aromatic heterocycles. The zero-order valence-electron chi connectivity index (χ0n) is 20.2. The fraction of sp³-hybridized carbons (Fsp3) is 0.417. The number of fused-ring (bicyclic) bond motifs is 1. The number of hydrogen-bond acceptors (Lipinski definition) is 10. The van der Waals surface area contributed by atoms with Crippen LogP contribution in [0.25, 0.3) is 11.0 Å². The SMILES string of the molecule is CNCCNc1ncnc2[nH]c(O)c(C=Nc3ccc(N4CCOCC4)c(OCCCC(=O)O)c3)c12. The van der Waals surface area contributed by atoms with E-state index in [1.54, 1.807) is 6.21 Å². The molecule has 36 heavy (non-hydrogen) atoms. The molecule has 0 saturated carbocycles. The average molecular weight is 498 g/mol. The first-order valence-corrected chi connectivity index (χ1v) is 11.9. The van der Waals surface area contributed by atoms with Gasteiger partial charge < -0.3 is 40.2 Å². The second-order valence-corrected chi connectivity index (χ2v) is 8.22. The van der Waals surface area contributed by atoms with Gasteiger partial charge in [0.05, 0.1) is 42.1 Å². The zero-order valence-corrected chi connectivity index (χ0v) is 20.2. The molecule has 1 fully saturated rings. The maximum absolute atomic E-state index is 10.9. The molecule has 1 saturated heterocycles. The van der Waals surface area contributed by atoms with Gasteiger partial charge >= 0.3 is 5.97 Å². The first-order valence-electron chi connectivity index (χ1n) is 11.9. The van der Waals surface area contributed by atoms with Crippen LogP contribution in [0, 0.1) is 0 Å². The lowest BCUT2D eigenvalue weighted by Gasteiger charge is -2.30. The normalized spacial score (nSPS) is 14.0. The van der Waals surface area contributed by atoms with Crippen LogP contribution in [-0.2, 0) is 9.53 Å². The van der Waals surface area contributed by atoms with Gasteiger partial charge in [-0.3, -0.25) is 9.79 Å². The molecule has 3 heterocycles. The van der Waals surface area contributed by atoms with Crippen LogP contribution in [0.2, 0.25) is 0 Å². The van der Waals surface area contributed by atoms with Crippen molar-refractivity contribution < 1.29 is 24.5 Å². The smallest absolute Gasteiger partial charge is 0.303 e. The number of carboxylic acids is 1. The maximum atomic E-state index is 10.9. The average Bonchev–Trinajstić information content (AvgIpc) is 3.21. The second-order valence-electron chi connectivity index (χ2n) is 8.22. The number of carbonyl (C=O) groups is 1. The van der Waals surface area contributed by atoms with E-state index in [0.29, 0.717) is 60.0 Å². The largest absolute Gasteiger partial charge is 0.494 e. The summed E-state index contributed by atoms with van der Waals surface area (Å²) in [5.41, 5.74) is 2.50. The molecule has 5 N–H and O–H groups in total. The molecule has 0 bridgehead atoms. The molecule has 0 spiro atoms. The van der Waals surface area contributed by atoms with E-state index in [9.17, 15) is 9.90 Å². The minimum absolute atomic E-state index is 0.0390. The standard InChI is InChI=1S/C24H31N7O5/c1-25-6-7-26-22-21-17(24(34)30-23(21)29-15-28-22)14-27-16-4-5-18(31-8-11-35-12-9-31)19(13-16)36-10-2-3-20(32)33/h4-5,13-15,25,34H,2-3,6-12H2,1H3,(H,32,33)(H2,26,28,29,30). The summed E-state index contributed by atoms with van der Waals surface area (Å²) in [6, 6.07) is 5.63. The van der Waals surface area contributed by atoms with Crippen LogP contribution in [0.3, 0.4) is 0 Å². The molecule has 0 atom stereocenters. The number of aromatic amines is 1. The molecule has 1 aliphatic heterocycles. The summed E-state index contributed by atoms with van der Waals surface area (Å²) in [5, 5.41) is 26.4. The summed E-state index contributed by atoms with van der Waals surface area (Å²) in [6.45, 7) is 4.41. The molecule has 12 heteroatoms. The monoisotopic (exact) mass is 497 g/mol. The van der Waals surface area contributed by atoms with Crippen LogP contribution in [0.4, 0.5) is 17.2 Å². The lowest BCUT2D eigenvalue weighted by molar-refractivity contribution is -0.137. The molecule has 12 nitrogen and oxygen atoms in total. The second kappa shape index (κ2) is 12.2. The summed E-state index contributed by atoms with van der Waals surface area (Å²) in [5.74, 6) is 0.310. The van der Waals surface area contributed by atoms with E-state index < -0.39 is 5.97 Å². The van der Waals surface area contributed by atoms with E-state index in [1.807, 2.05) is 25.2 Å². The van der Waals surface area contributed by atoms with Crippen molar-refractivity contribution in [1.82, 2.24) is 20.3 Å². The number of H-pyrrole nitrogens is 1. The number of carboxylic acid groups (broad SMARTS) is 1. The first kappa shape index (κ1) is 25.2. The van der Waals surface area contributed by atoms with Crippen molar-refractivity contribution in [3.63, 3.8) is 0 Å². The summed E-state index contributed by atoms with van der Waals surface area (Å²) in [7, 11) is 1.87. The van der Waals surface area contributed by atoms with Gasteiger partial charge in [0.25, 0.3) is 0 Å². The van der Waals surface area contributed by atoms with Crippen LogP contribution in [0.15, 0.2) is 29.5 Å². The Bertz CT molecular complexity index is 1210. The van der Waals surface area contributed by atoms with E-state index in [2.05, 4.69) is 35.5 Å². The lowest BCUT2D eigenvalue weighted by atomic mass is 10.2. The Balaban J connectivity index is 1.60. The van der Waals surface area contributed by atoms with Crippen molar-refractivity contribution in [1.29, 1.82) is 0 Å². The number of likely N-dealkylation sites (N-methyl/N-ethyl adjacent to an activating group) is 1. The number of aromatic hydroxyl groups is 1. The van der Waals surface area contributed by atoms with Crippen molar-refractivity contribution in [3.05, 3.63) is 30.1 Å². The number of rotatable bonds is 12. The first-order chi connectivity index (χ1) is 17.6. The van der Waals surface area contributed by atoms with Gasteiger partial charge in [-0.2, -0.15) is 0 Å². The number of aliphatic carboxylic acids is 1. The number of hydrogen-bond donors (Lipinski definition) is 5. The van der Waals surface area contributed by atoms with Gasteiger partial charge in [0.15, 0.2) is 5.88 Å². The zero-order chi connectivity index (χ0) is 25.3. The quantitative estimate of drug-likeness (QED) is 0.185. The van der Waals surface area contributed by atoms with Crippen LogP contribution < -0.4 is 20.3 Å². The lowest BCUT2D eigenvalue weighted by Crippen LogP contribution is -2.36. The van der Waals surface area contributed by atoms with Crippen LogP contribution in [-0.4, -0.2) is 90.4 Å². The third-order valence-corrected chi connectivity index (χ3v) is 5.71. The van der Waals surface area contributed by atoms with Crippen molar-refractivity contribution in [3.8, 4) is 11.6 Å². The number of nitrogens with zero attached hydrogens (tertiary/aromatic N) is 4. The number of ether oxygens (including phenoxy) is 2. The third kappa shape index (κ3) is 6.20. The molecule has 0 amide bonds. The fourth-order valence-electron chi connectivity index (χ4n) is 3.91. The number of nitrogens with one attached hydrogen (secondary N) is 3. The number of aliphatic imine (C=N–C) groups is 1. The number of morpholine rings is 1. The van der Waals surface area contributed by atoms with Gasteiger partial charge in [-0.15, -0.1) is 0 Å². The highest BCUT2D eigenvalue weighted by Gasteiger charge is 2.18. The maximum Gasteiger partial charge on any atom is 0.303 e. The van der Waals surface area contributed by atoms with Gasteiger partial charge in [0.1, 0.15) is 23.5 Å². The summed E-state index contributed by atoms with van der Waals surface area (Å²) >= 11 is 0. The Morgan fingerprint density at radius 1 is 1.31 bits per heavy atom. The Hall–Kier alpha value is -3.90. The Labute approximate surface area is 208 Å². The number of anilines is 2. The number of benzene rings is 1. The number of aromatic nitrogens is 3. The molecule has 0 aliphatic carbocycles. The Morgan fingerprint density at radius 2 is 2.14 bits per heavy atom. The van der Waals surface area contributed by atoms with Gasteiger partial charge in [-0.1, -0.05) is 0 Å². The molecule has 1 aliphatic rings. The molecular formula is C24H31N7O5. The van der Waals surface area contributed by atoms with E-state index >= 15 is 0 Å². The van der Waals surface area contributed by atoms with Gasteiger partial charge in [-0.25, -0.2) is 9.97 Å². The van der Waals surface area contributed by atoms with Crippen LogP contribution >= 0.6 is 0 Å². The highest BCUT2D eigenvalue weighted by molar-refractivity contribution is 6.06. The Morgan fingerprint density at radius 3 is 2.92 bits per heavy atom. The summed E-state index contributed by atoms with van der Waals surface area (Å²) in [6.07, 6.45) is 3.44. The van der Waals surface area contributed by atoms with E-state index in [-0.39, 0.29) is 18.9 Å². The van der Waals surface area contributed by atoms with Crippen LogP contribution in [0.5, 0.6) is 11.6 Å². The minimum atomic E-state index is -0.854. The predicted octanol–water partition coefficient (Wildman–Crippen LogP) is 2.13. The molecular weight excluding hydrogens is 466 g/mol. The molecule has 192 valence electrons. The topological polar surface area (TPSA) is 157 Å². The molecule has 1 aromatic carbocycles. The minimum Gasteiger partial charge on any atom is -0.494 e. The van der Waals surface area contributed by atoms with Crippen LogP contribution in [0.1, 0.15) is 18.4 Å². The highest BCUT2D eigenvalue weighted by Crippen LogP contribution is 2.34. The fourth-order valence-corrected chi connectivity index (χ4v) is 3.91. The van der Waals surface area contributed by atoms with E-state index in [1.165, 1.54) is 6.33 Å². The van der Waals surface area contributed by atoms with Crippen molar-refractivity contribution in [2.24, 2.45) is 4.99 Å². The summed E-state index contributed by atoms with van der Waals surface area (Å²) < 4.78 is 11.4. The van der Waals surface area contributed by atoms with E-state index in [0.717, 1.165) is 25.3 Å². The van der Waals surface area contributed by atoms with Gasteiger partial charge in [0.2, 0.25) is 0 Å². The third-order valence-electron chi connectivity index (χ3n) is 5.71. The van der Waals surface area contributed by atoms with E-state index in [4.69, 9.17) is 14.6 Å². The van der Waals surface area contributed by atoms with Gasteiger partial charge in [-0.05, 0) is 25.6 Å². The Kier molecular flexibility index (Phi) is 8.53. The van der Waals surface area contributed by atoms with Gasteiger partial charge in [0, 0.05) is 44.9 Å².